The molecule has 1 fully saturated rings. The Labute approximate surface area is 54.1 Å². The van der Waals surface area contributed by atoms with E-state index in [2.05, 4.69) is 10.5 Å². The molecule has 1 aliphatic heterocycles. The van der Waals surface area contributed by atoms with Crippen molar-refractivity contribution < 1.29 is 5.21 Å². The van der Waals surface area contributed by atoms with Crippen molar-refractivity contribution in [2.24, 2.45) is 5.16 Å². The molecule has 1 rings (SSSR count). The third-order valence-corrected chi connectivity index (χ3v) is 1.30. The van der Waals surface area contributed by atoms with Crippen molar-refractivity contribution >= 4 is 5.71 Å². The molecule has 0 aliphatic carbocycles. The standard InChI is InChI=1S/C5H11N3O/c1-8-3-5(7-9)2-6-4-8/h6,9H,2-4H2,1H3/b7-5+. The molecule has 1 aliphatic rings. The van der Waals surface area contributed by atoms with E-state index in [1.54, 1.807) is 0 Å². The molecule has 0 unspecified atom stereocenters. The van der Waals surface area contributed by atoms with Crippen molar-refractivity contribution in [3.63, 3.8) is 0 Å². The Hall–Kier alpha value is -0.610. The van der Waals surface area contributed by atoms with E-state index in [0.29, 0.717) is 6.54 Å². The monoisotopic (exact) mass is 129 g/mol. The maximum Gasteiger partial charge on any atom is 0.0848 e. The zero-order valence-electron chi connectivity index (χ0n) is 5.46. The van der Waals surface area contributed by atoms with E-state index in [1.807, 2.05) is 11.9 Å². The highest BCUT2D eigenvalue weighted by Gasteiger charge is 2.09. The van der Waals surface area contributed by atoms with E-state index in [-0.39, 0.29) is 0 Å². The third-order valence-electron chi connectivity index (χ3n) is 1.30. The van der Waals surface area contributed by atoms with Gasteiger partial charge >= 0.3 is 0 Å². The van der Waals surface area contributed by atoms with Gasteiger partial charge in [0.25, 0.3) is 0 Å². The SMILES string of the molecule is CN1CNC/C(=N\O)C1. The minimum Gasteiger partial charge on any atom is -0.411 e. The van der Waals surface area contributed by atoms with Crippen molar-refractivity contribution in [1.29, 1.82) is 0 Å². The molecule has 0 saturated carbocycles. The lowest BCUT2D eigenvalue weighted by atomic mass is 10.3. The number of hydrogen-bond donors (Lipinski definition) is 2. The summed E-state index contributed by atoms with van der Waals surface area (Å²) in [5, 5.41) is 14.5. The fourth-order valence-electron chi connectivity index (χ4n) is 0.881. The van der Waals surface area contributed by atoms with Crippen LogP contribution in [0.3, 0.4) is 0 Å². The van der Waals surface area contributed by atoms with Crippen LogP contribution in [-0.2, 0) is 0 Å². The summed E-state index contributed by atoms with van der Waals surface area (Å²) in [5.74, 6) is 0. The molecule has 52 valence electrons. The van der Waals surface area contributed by atoms with Crippen molar-refractivity contribution in [2.45, 2.75) is 0 Å². The maximum atomic E-state index is 8.33. The highest BCUT2D eigenvalue weighted by Crippen LogP contribution is 1.88. The van der Waals surface area contributed by atoms with E-state index in [4.69, 9.17) is 5.21 Å². The van der Waals surface area contributed by atoms with Crippen LogP contribution >= 0.6 is 0 Å². The zero-order chi connectivity index (χ0) is 6.69. The average Bonchev–Trinajstić information content (AvgIpc) is 1.88. The molecule has 1 saturated heterocycles. The summed E-state index contributed by atoms with van der Waals surface area (Å²) in [6.45, 7) is 2.35. The van der Waals surface area contributed by atoms with Crippen molar-refractivity contribution in [3.8, 4) is 0 Å². The largest absolute Gasteiger partial charge is 0.411 e. The molecular formula is C5H11N3O. The van der Waals surface area contributed by atoms with Gasteiger partial charge in [-0.3, -0.25) is 10.2 Å². The van der Waals surface area contributed by atoms with E-state index in [9.17, 15) is 0 Å². The number of oxime groups is 1. The van der Waals surface area contributed by atoms with Crippen LogP contribution in [0.15, 0.2) is 5.16 Å². The molecule has 0 radical (unpaired) electrons. The third kappa shape index (κ3) is 1.65. The molecule has 0 amide bonds. The fourth-order valence-corrected chi connectivity index (χ4v) is 0.881. The van der Waals surface area contributed by atoms with Crippen LogP contribution in [0.1, 0.15) is 0 Å². The van der Waals surface area contributed by atoms with Crippen LogP contribution in [0.2, 0.25) is 0 Å². The van der Waals surface area contributed by atoms with Crippen LogP contribution in [0.4, 0.5) is 0 Å². The van der Waals surface area contributed by atoms with Crippen molar-refractivity contribution in [1.82, 2.24) is 10.2 Å². The lowest BCUT2D eigenvalue weighted by Gasteiger charge is -2.23. The first-order chi connectivity index (χ1) is 4.33. The van der Waals surface area contributed by atoms with Gasteiger partial charge in [-0.1, -0.05) is 5.16 Å². The molecule has 0 spiro atoms. The van der Waals surface area contributed by atoms with Crippen LogP contribution in [0.5, 0.6) is 0 Å². The quantitative estimate of drug-likeness (QED) is 0.336. The Morgan fingerprint density at radius 2 is 2.56 bits per heavy atom. The van der Waals surface area contributed by atoms with Gasteiger partial charge in [-0.15, -0.1) is 0 Å². The Kier molecular flexibility index (Phi) is 2.02. The second-order valence-electron chi connectivity index (χ2n) is 2.27. The second kappa shape index (κ2) is 2.80. The predicted molar refractivity (Wildman–Crippen MR) is 34.7 cm³/mol. The van der Waals surface area contributed by atoms with Crippen LogP contribution in [0, 0.1) is 0 Å². The number of hydrogen-bond acceptors (Lipinski definition) is 4. The first kappa shape index (κ1) is 6.51. The Balaban J connectivity index is 2.41. The van der Waals surface area contributed by atoms with Gasteiger partial charge in [-0.25, -0.2) is 0 Å². The fraction of sp³-hybridized carbons (Fsp3) is 0.800. The Bertz CT molecular complexity index is 123. The molecular weight excluding hydrogens is 118 g/mol. The summed E-state index contributed by atoms with van der Waals surface area (Å²) in [5.41, 5.74) is 0.795. The van der Waals surface area contributed by atoms with Crippen LogP contribution in [-0.4, -0.2) is 42.6 Å². The van der Waals surface area contributed by atoms with Gasteiger partial charge in [0.15, 0.2) is 0 Å². The first-order valence-corrected chi connectivity index (χ1v) is 2.92. The van der Waals surface area contributed by atoms with Gasteiger partial charge in [0.05, 0.1) is 5.71 Å². The van der Waals surface area contributed by atoms with Gasteiger partial charge < -0.3 is 5.21 Å². The number of nitrogens with zero attached hydrogens (tertiary/aromatic N) is 2. The maximum absolute atomic E-state index is 8.33. The minimum absolute atomic E-state index is 0.709. The summed E-state index contributed by atoms with van der Waals surface area (Å²) in [7, 11) is 1.97. The Morgan fingerprint density at radius 3 is 3.00 bits per heavy atom. The lowest BCUT2D eigenvalue weighted by molar-refractivity contribution is 0.292. The summed E-state index contributed by atoms with van der Waals surface area (Å²) in [6.07, 6.45) is 0. The molecule has 0 bridgehead atoms. The van der Waals surface area contributed by atoms with Crippen LogP contribution < -0.4 is 5.32 Å². The Morgan fingerprint density at radius 1 is 1.78 bits per heavy atom. The molecule has 1 heterocycles. The van der Waals surface area contributed by atoms with E-state index in [1.165, 1.54) is 0 Å². The molecule has 0 aromatic heterocycles. The predicted octanol–water partition coefficient (Wildman–Crippen LogP) is -0.691. The highest BCUT2D eigenvalue weighted by atomic mass is 16.4. The highest BCUT2D eigenvalue weighted by molar-refractivity contribution is 5.88. The summed E-state index contributed by atoms with van der Waals surface area (Å²) in [6, 6.07) is 0. The summed E-state index contributed by atoms with van der Waals surface area (Å²) >= 11 is 0. The molecule has 9 heavy (non-hydrogen) atoms. The average molecular weight is 129 g/mol. The second-order valence-corrected chi connectivity index (χ2v) is 2.27. The van der Waals surface area contributed by atoms with Gasteiger partial charge in [-0.05, 0) is 7.05 Å². The molecule has 0 atom stereocenters. The zero-order valence-corrected chi connectivity index (χ0v) is 5.46. The van der Waals surface area contributed by atoms with Crippen molar-refractivity contribution in [3.05, 3.63) is 0 Å². The van der Waals surface area contributed by atoms with Gasteiger partial charge in [0.1, 0.15) is 0 Å². The molecule has 2 N–H and O–H groups in total. The first-order valence-electron chi connectivity index (χ1n) is 2.92. The molecule has 0 aromatic carbocycles. The topological polar surface area (TPSA) is 47.9 Å². The summed E-state index contributed by atoms with van der Waals surface area (Å²) < 4.78 is 0. The van der Waals surface area contributed by atoms with Crippen LogP contribution in [0.25, 0.3) is 0 Å². The van der Waals surface area contributed by atoms with E-state index in [0.717, 1.165) is 18.9 Å². The number of rotatable bonds is 0. The van der Waals surface area contributed by atoms with E-state index >= 15 is 0 Å². The number of nitrogens with one attached hydrogen (secondary N) is 1. The minimum atomic E-state index is 0.709. The normalized spacial score (nSPS) is 27.0. The van der Waals surface area contributed by atoms with Gasteiger partial charge in [-0.2, -0.15) is 0 Å². The molecule has 4 nitrogen and oxygen atoms in total. The molecule has 4 heteroatoms. The molecule has 0 aromatic rings. The lowest BCUT2D eigenvalue weighted by Crippen LogP contribution is -2.45. The van der Waals surface area contributed by atoms with Gasteiger partial charge in [0.2, 0.25) is 0 Å². The van der Waals surface area contributed by atoms with Gasteiger partial charge in [0, 0.05) is 19.8 Å². The summed E-state index contributed by atoms with van der Waals surface area (Å²) in [4.78, 5) is 2.04. The van der Waals surface area contributed by atoms with E-state index < -0.39 is 0 Å². The van der Waals surface area contributed by atoms with Crippen molar-refractivity contribution in [2.75, 3.05) is 26.8 Å². The smallest absolute Gasteiger partial charge is 0.0848 e.